The van der Waals surface area contributed by atoms with Crippen molar-refractivity contribution in [2.45, 2.75) is 11.3 Å². The SMILES string of the molecule is COc1ccc(NC(=O)CC(=O)CSc2ccccc2)cc1. The average Bonchev–Trinajstić information content (AvgIpc) is 2.54. The predicted octanol–water partition coefficient (Wildman–Crippen LogP) is 3.39. The van der Waals surface area contributed by atoms with Crippen LogP contribution in [0.15, 0.2) is 59.5 Å². The molecule has 0 heterocycles. The zero-order valence-corrected chi connectivity index (χ0v) is 13.1. The maximum Gasteiger partial charge on any atom is 0.231 e. The van der Waals surface area contributed by atoms with Crippen LogP contribution in [0.2, 0.25) is 0 Å². The molecule has 0 aliphatic heterocycles. The fraction of sp³-hybridized carbons (Fsp3) is 0.176. The molecule has 0 fully saturated rings. The predicted molar refractivity (Wildman–Crippen MR) is 88.4 cm³/mol. The van der Waals surface area contributed by atoms with Crippen LogP contribution in [0.5, 0.6) is 5.75 Å². The Balaban J connectivity index is 1.77. The Kier molecular flexibility index (Phi) is 6.03. The Labute approximate surface area is 133 Å². The molecule has 22 heavy (non-hydrogen) atoms. The van der Waals surface area contributed by atoms with E-state index in [9.17, 15) is 9.59 Å². The summed E-state index contributed by atoms with van der Waals surface area (Å²) in [6.45, 7) is 0. The van der Waals surface area contributed by atoms with Gasteiger partial charge in [-0.25, -0.2) is 0 Å². The van der Waals surface area contributed by atoms with Gasteiger partial charge in [0.1, 0.15) is 5.75 Å². The normalized spacial score (nSPS) is 10.0. The van der Waals surface area contributed by atoms with Crippen LogP contribution in [0, 0.1) is 0 Å². The van der Waals surface area contributed by atoms with Gasteiger partial charge in [-0.15, -0.1) is 11.8 Å². The Morgan fingerprint density at radius 1 is 1.05 bits per heavy atom. The number of benzene rings is 2. The molecule has 0 atom stereocenters. The summed E-state index contributed by atoms with van der Waals surface area (Å²) < 4.78 is 5.04. The summed E-state index contributed by atoms with van der Waals surface area (Å²) in [5.74, 6) is 0.608. The van der Waals surface area contributed by atoms with E-state index >= 15 is 0 Å². The first-order valence-electron chi connectivity index (χ1n) is 6.81. The first kappa shape index (κ1) is 16.1. The molecule has 0 saturated carbocycles. The molecule has 0 unspecified atom stereocenters. The maximum atomic E-state index is 11.8. The summed E-state index contributed by atoms with van der Waals surface area (Å²) in [7, 11) is 1.58. The molecule has 0 saturated heterocycles. The van der Waals surface area contributed by atoms with Gasteiger partial charge >= 0.3 is 0 Å². The van der Waals surface area contributed by atoms with Gasteiger partial charge in [0.15, 0.2) is 5.78 Å². The Bertz CT molecular complexity index is 626. The molecule has 0 radical (unpaired) electrons. The first-order chi connectivity index (χ1) is 10.7. The second kappa shape index (κ2) is 8.24. The molecule has 2 aromatic carbocycles. The molecule has 2 rings (SSSR count). The van der Waals surface area contributed by atoms with Crippen molar-refractivity contribution in [1.82, 2.24) is 0 Å². The van der Waals surface area contributed by atoms with Crippen LogP contribution < -0.4 is 10.1 Å². The van der Waals surface area contributed by atoms with Gasteiger partial charge in [0, 0.05) is 10.6 Å². The van der Waals surface area contributed by atoms with E-state index in [-0.39, 0.29) is 18.1 Å². The third kappa shape index (κ3) is 5.26. The van der Waals surface area contributed by atoms with Crippen LogP contribution in [0.1, 0.15) is 6.42 Å². The molecule has 1 N–H and O–H groups in total. The van der Waals surface area contributed by atoms with E-state index in [1.807, 2.05) is 30.3 Å². The largest absolute Gasteiger partial charge is 0.497 e. The second-order valence-electron chi connectivity index (χ2n) is 4.59. The molecule has 2 aromatic rings. The van der Waals surface area contributed by atoms with E-state index in [2.05, 4.69) is 5.32 Å². The third-order valence-electron chi connectivity index (χ3n) is 2.87. The molecule has 5 heteroatoms. The van der Waals surface area contributed by atoms with Crippen LogP contribution in [0.4, 0.5) is 5.69 Å². The molecule has 1 amide bonds. The highest BCUT2D eigenvalue weighted by Gasteiger charge is 2.10. The van der Waals surface area contributed by atoms with Gasteiger partial charge in [-0.3, -0.25) is 9.59 Å². The van der Waals surface area contributed by atoms with Gasteiger partial charge in [-0.1, -0.05) is 18.2 Å². The van der Waals surface area contributed by atoms with Gasteiger partial charge in [-0.2, -0.15) is 0 Å². The van der Waals surface area contributed by atoms with E-state index in [4.69, 9.17) is 4.74 Å². The lowest BCUT2D eigenvalue weighted by Gasteiger charge is -2.06. The Hall–Kier alpha value is -2.27. The Morgan fingerprint density at radius 2 is 1.73 bits per heavy atom. The van der Waals surface area contributed by atoms with Crippen molar-refractivity contribution in [3.8, 4) is 5.75 Å². The summed E-state index contributed by atoms with van der Waals surface area (Å²) >= 11 is 1.44. The van der Waals surface area contributed by atoms with Gasteiger partial charge in [0.05, 0.1) is 19.3 Å². The first-order valence-corrected chi connectivity index (χ1v) is 7.79. The van der Waals surface area contributed by atoms with Crippen molar-refractivity contribution in [1.29, 1.82) is 0 Å². The highest BCUT2D eigenvalue weighted by Crippen LogP contribution is 2.18. The van der Waals surface area contributed by atoms with Crippen LogP contribution in [0.25, 0.3) is 0 Å². The fourth-order valence-electron chi connectivity index (χ4n) is 1.79. The smallest absolute Gasteiger partial charge is 0.231 e. The summed E-state index contributed by atoms with van der Waals surface area (Å²) in [5.41, 5.74) is 0.648. The van der Waals surface area contributed by atoms with E-state index in [0.717, 1.165) is 4.90 Å². The minimum atomic E-state index is -0.302. The molecular formula is C17H17NO3S. The molecule has 4 nitrogen and oxygen atoms in total. The highest BCUT2D eigenvalue weighted by atomic mass is 32.2. The summed E-state index contributed by atoms with van der Waals surface area (Å²) in [6, 6.07) is 16.6. The molecule has 114 valence electrons. The fourth-order valence-corrected chi connectivity index (χ4v) is 2.57. The minimum absolute atomic E-state index is 0.0973. The summed E-state index contributed by atoms with van der Waals surface area (Å²) in [6.07, 6.45) is -0.119. The monoisotopic (exact) mass is 315 g/mol. The van der Waals surface area contributed by atoms with Crippen LogP contribution in [-0.2, 0) is 9.59 Å². The lowest BCUT2D eigenvalue weighted by Crippen LogP contribution is -2.17. The van der Waals surface area contributed by atoms with E-state index < -0.39 is 0 Å². The Morgan fingerprint density at radius 3 is 2.36 bits per heavy atom. The standard InChI is InChI=1S/C17H17NO3S/c1-21-15-9-7-13(8-10-15)18-17(20)11-14(19)12-22-16-5-3-2-4-6-16/h2-10H,11-12H2,1H3,(H,18,20). The number of amides is 1. The average molecular weight is 315 g/mol. The van der Waals surface area contributed by atoms with Crippen LogP contribution in [0.3, 0.4) is 0 Å². The molecule has 0 aromatic heterocycles. The van der Waals surface area contributed by atoms with Crippen LogP contribution in [-0.4, -0.2) is 24.6 Å². The van der Waals surface area contributed by atoms with Crippen molar-refractivity contribution in [2.75, 3.05) is 18.2 Å². The zero-order valence-electron chi connectivity index (χ0n) is 12.2. The number of hydrogen-bond acceptors (Lipinski definition) is 4. The molecular weight excluding hydrogens is 298 g/mol. The van der Waals surface area contributed by atoms with Gasteiger partial charge < -0.3 is 10.1 Å². The number of nitrogens with one attached hydrogen (secondary N) is 1. The number of rotatable bonds is 7. The highest BCUT2D eigenvalue weighted by molar-refractivity contribution is 8.00. The molecule has 0 bridgehead atoms. The number of methoxy groups -OCH3 is 1. The number of thioether (sulfide) groups is 1. The number of carbonyl (C=O) groups excluding carboxylic acids is 2. The van der Waals surface area contributed by atoms with Gasteiger partial charge in [0.2, 0.25) is 5.91 Å². The zero-order chi connectivity index (χ0) is 15.8. The number of ether oxygens (including phenoxy) is 1. The number of carbonyl (C=O) groups is 2. The molecule has 0 aliphatic rings. The minimum Gasteiger partial charge on any atom is -0.497 e. The lowest BCUT2D eigenvalue weighted by molar-refractivity contribution is -0.123. The summed E-state index contributed by atoms with van der Waals surface area (Å²) in [5, 5.41) is 2.70. The van der Waals surface area contributed by atoms with Crippen molar-refractivity contribution in [3.63, 3.8) is 0 Å². The van der Waals surface area contributed by atoms with Gasteiger partial charge in [0.25, 0.3) is 0 Å². The van der Waals surface area contributed by atoms with Crippen molar-refractivity contribution >= 4 is 29.1 Å². The number of Topliss-reactive ketones (excluding diaryl/α,β-unsaturated/α-hetero) is 1. The van der Waals surface area contributed by atoms with E-state index in [1.165, 1.54) is 11.8 Å². The number of hydrogen-bond donors (Lipinski definition) is 1. The second-order valence-corrected chi connectivity index (χ2v) is 5.64. The maximum absolute atomic E-state index is 11.8. The number of anilines is 1. The van der Waals surface area contributed by atoms with Crippen LogP contribution >= 0.6 is 11.8 Å². The van der Waals surface area contributed by atoms with Crippen molar-refractivity contribution in [3.05, 3.63) is 54.6 Å². The van der Waals surface area contributed by atoms with Gasteiger partial charge in [-0.05, 0) is 36.4 Å². The molecule has 0 spiro atoms. The van der Waals surface area contributed by atoms with E-state index in [0.29, 0.717) is 17.2 Å². The molecule has 0 aliphatic carbocycles. The lowest BCUT2D eigenvalue weighted by atomic mass is 10.2. The van der Waals surface area contributed by atoms with Crippen molar-refractivity contribution in [2.24, 2.45) is 0 Å². The quantitative estimate of drug-likeness (QED) is 0.628. The van der Waals surface area contributed by atoms with E-state index in [1.54, 1.807) is 31.4 Å². The summed E-state index contributed by atoms with van der Waals surface area (Å²) in [4.78, 5) is 24.7. The number of ketones is 1. The third-order valence-corrected chi connectivity index (χ3v) is 3.95. The topological polar surface area (TPSA) is 55.4 Å². The van der Waals surface area contributed by atoms with Crippen molar-refractivity contribution < 1.29 is 14.3 Å².